The van der Waals surface area contributed by atoms with Gasteiger partial charge in [0.25, 0.3) is 5.91 Å². The smallest absolute Gasteiger partial charge is 0.265 e. The number of fused-ring (bicyclic) bond motifs is 1. The van der Waals surface area contributed by atoms with Crippen LogP contribution in [-0.2, 0) is 14.4 Å². The van der Waals surface area contributed by atoms with Crippen LogP contribution in [0.3, 0.4) is 0 Å². The Morgan fingerprint density at radius 2 is 1.88 bits per heavy atom. The third kappa shape index (κ3) is 4.74. The van der Waals surface area contributed by atoms with Crippen molar-refractivity contribution in [1.82, 2.24) is 10.6 Å². The third-order valence-electron chi connectivity index (χ3n) is 4.75. The van der Waals surface area contributed by atoms with E-state index >= 15 is 0 Å². The van der Waals surface area contributed by atoms with Crippen LogP contribution in [0.5, 0.6) is 5.75 Å². The van der Waals surface area contributed by atoms with Crippen molar-refractivity contribution in [3.63, 3.8) is 0 Å². The minimum Gasteiger partial charge on any atom is -0.482 e. The quantitative estimate of drug-likeness (QED) is 0.803. The van der Waals surface area contributed by atoms with E-state index in [2.05, 4.69) is 10.6 Å². The van der Waals surface area contributed by atoms with Gasteiger partial charge in [-0.25, -0.2) is 0 Å². The standard InChI is InChI=1S/C19H25N3O4/c23-17(21-14-6-2-1-3-7-14)10-11-20-18(24)12-22-15-8-4-5-9-16(15)26-13-19(22)25/h4-5,8-9,14H,1-3,6-7,10-13H2,(H,20,24)(H,21,23). The Bertz CT molecular complexity index is 671. The minimum absolute atomic E-state index is 0.0370. The summed E-state index contributed by atoms with van der Waals surface area (Å²) >= 11 is 0. The molecule has 7 heteroatoms. The van der Waals surface area contributed by atoms with Crippen molar-refractivity contribution in [3.8, 4) is 5.75 Å². The summed E-state index contributed by atoms with van der Waals surface area (Å²) in [5.74, 6) is 0.00571. The molecule has 1 aliphatic heterocycles. The molecular weight excluding hydrogens is 334 g/mol. The van der Waals surface area contributed by atoms with Crippen molar-refractivity contribution < 1.29 is 19.1 Å². The van der Waals surface area contributed by atoms with Crippen molar-refractivity contribution in [2.24, 2.45) is 0 Å². The van der Waals surface area contributed by atoms with Gasteiger partial charge in [-0.15, -0.1) is 0 Å². The largest absolute Gasteiger partial charge is 0.482 e. The van der Waals surface area contributed by atoms with Crippen LogP contribution in [0.2, 0.25) is 0 Å². The second kappa shape index (κ2) is 8.69. The lowest BCUT2D eigenvalue weighted by atomic mass is 9.95. The number of nitrogens with zero attached hydrogens (tertiary/aromatic N) is 1. The Balaban J connectivity index is 1.43. The topological polar surface area (TPSA) is 87.7 Å². The molecule has 140 valence electrons. The molecule has 1 aromatic rings. The average molecular weight is 359 g/mol. The first kappa shape index (κ1) is 18.2. The molecule has 0 bridgehead atoms. The van der Waals surface area contributed by atoms with E-state index in [0.29, 0.717) is 11.4 Å². The summed E-state index contributed by atoms with van der Waals surface area (Å²) in [7, 11) is 0. The highest BCUT2D eigenvalue weighted by Gasteiger charge is 2.26. The van der Waals surface area contributed by atoms with E-state index in [0.717, 1.165) is 25.7 Å². The maximum Gasteiger partial charge on any atom is 0.265 e. The monoisotopic (exact) mass is 359 g/mol. The molecule has 3 rings (SSSR count). The van der Waals surface area contributed by atoms with Crippen LogP contribution in [-0.4, -0.2) is 43.5 Å². The zero-order chi connectivity index (χ0) is 18.4. The number of rotatable bonds is 6. The van der Waals surface area contributed by atoms with E-state index in [9.17, 15) is 14.4 Å². The first-order chi connectivity index (χ1) is 12.6. The molecule has 26 heavy (non-hydrogen) atoms. The van der Waals surface area contributed by atoms with Gasteiger partial charge in [-0.05, 0) is 25.0 Å². The molecule has 0 saturated heterocycles. The van der Waals surface area contributed by atoms with Gasteiger partial charge in [-0.1, -0.05) is 31.4 Å². The average Bonchev–Trinajstić information content (AvgIpc) is 2.65. The van der Waals surface area contributed by atoms with Crippen molar-refractivity contribution in [1.29, 1.82) is 0 Å². The van der Waals surface area contributed by atoms with Crippen LogP contribution in [0.25, 0.3) is 0 Å². The van der Waals surface area contributed by atoms with Crippen LogP contribution < -0.4 is 20.3 Å². The number of hydrogen-bond donors (Lipinski definition) is 2. The summed E-state index contributed by atoms with van der Waals surface area (Å²) in [4.78, 5) is 37.6. The Labute approximate surface area is 153 Å². The van der Waals surface area contributed by atoms with Gasteiger partial charge in [-0.2, -0.15) is 0 Å². The fraction of sp³-hybridized carbons (Fsp3) is 0.526. The van der Waals surface area contributed by atoms with Crippen LogP contribution in [0.15, 0.2) is 24.3 Å². The van der Waals surface area contributed by atoms with Gasteiger partial charge in [0, 0.05) is 19.0 Å². The van der Waals surface area contributed by atoms with Gasteiger partial charge in [0.1, 0.15) is 12.3 Å². The summed E-state index contributed by atoms with van der Waals surface area (Å²) in [6, 6.07) is 7.40. The Morgan fingerprint density at radius 3 is 2.69 bits per heavy atom. The molecule has 0 spiro atoms. The number of amides is 3. The van der Waals surface area contributed by atoms with Crippen LogP contribution in [0.1, 0.15) is 38.5 Å². The normalized spacial score (nSPS) is 17.2. The van der Waals surface area contributed by atoms with E-state index < -0.39 is 0 Å². The van der Waals surface area contributed by atoms with Gasteiger partial charge in [-0.3, -0.25) is 19.3 Å². The van der Waals surface area contributed by atoms with Crippen molar-refractivity contribution >= 4 is 23.4 Å². The first-order valence-corrected chi connectivity index (χ1v) is 9.22. The van der Waals surface area contributed by atoms with Gasteiger partial charge in [0.15, 0.2) is 6.61 Å². The van der Waals surface area contributed by atoms with Gasteiger partial charge in [0.2, 0.25) is 11.8 Å². The fourth-order valence-corrected chi connectivity index (χ4v) is 3.39. The van der Waals surface area contributed by atoms with E-state index in [4.69, 9.17) is 4.74 Å². The number of para-hydroxylation sites is 2. The molecule has 1 aliphatic carbocycles. The highest BCUT2D eigenvalue weighted by atomic mass is 16.5. The maximum atomic E-state index is 12.2. The van der Waals surface area contributed by atoms with E-state index in [1.165, 1.54) is 11.3 Å². The van der Waals surface area contributed by atoms with E-state index in [-0.39, 0.29) is 49.9 Å². The molecule has 0 radical (unpaired) electrons. The molecule has 1 saturated carbocycles. The lowest BCUT2D eigenvalue weighted by Gasteiger charge is -2.28. The lowest BCUT2D eigenvalue weighted by molar-refractivity contribution is -0.125. The second-order valence-corrected chi connectivity index (χ2v) is 6.74. The van der Waals surface area contributed by atoms with Crippen LogP contribution in [0.4, 0.5) is 5.69 Å². The Hall–Kier alpha value is -2.57. The van der Waals surface area contributed by atoms with Gasteiger partial charge in [0.05, 0.1) is 5.69 Å². The van der Waals surface area contributed by atoms with E-state index in [1.54, 1.807) is 18.2 Å². The molecule has 2 aliphatic rings. The molecule has 0 atom stereocenters. The molecule has 1 fully saturated rings. The number of ether oxygens (including phenoxy) is 1. The SMILES string of the molecule is O=C(CN1C(=O)COc2ccccc21)NCCC(=O)NC1CCCCC1. The van der Waals surface area contributed by atoms with Crippen LogP contribution in [0, 0.1) is 0 Å². The Kier molecular flexibility index (Phi) is 6.09. The zero-order valence-corrected chi connectivity index (χ0v) is 14.8. The molecule has 3 amide bonds. The summed E-state index contributed by atoms with van der Waals surface area (Å²) in [6.07, 6.45) is 5.89. The summed E-state index contributed by atoms with van der Waals surface area (Å²) in [6.45, 7) is 0.106. The maximum absolute atomic E-state index is 12.2. The summed E-state index contributed by atoms with van der Waals surface area (Å²) in [5, 5.41) is 5.74. The molecule has 2 N–H and O–H groups in total. The molecule has 1 heterocycles. The number of nitrogens with one attached hydrogen (secondary N) is 2. The summed E-state index contributed by atoms with van der Waals surface area (Å²) in [5.41, 5.74) is 0.592. The molecule has 1 aromatic carbocycles. The minimum atomic E-state index is -0.291. The highest BCUT2D eigenvalue weighted by molar-refractivity contribution is 6.02. The number of benzene rings is 1. The fourth-order valence-electron chi connectivity index (χ4n) is 3.39. The number of carbonyl (C=O) groups is 3. The molecule has 0 unspecified atom stereocenters. The number of carbonyl (C=O) groups excluding carboxylic acids is 3. The Morgan fingerprint density at radius 1 is 1.12 bits per heavy atom. The van der Waals surface area contributed by atoms with Crippen molar-refractivity contribution in [2.75, 3.05) is 24.6 Å². The molecule has 0 aromatic heterocycles. The number of hydrogen-bond acceptors (Lipinski definition) is 4. The predicted molar refractivity (Wildman–Crippen MR) is 96.9 cm³/mol. The summed E-state index contributed by atoms with van der Waals surface area (Å²) < 4.78 is 5.36. The zero-order valence-electron chi connectivity index (χ0n) is 14.8. The third-order valence-corrected chi connectivity index (χ3v) is 4.75. The van der Waals surface area contributed by atoms with Crippen molar-refractivity contribution in [3.05, 3.63) is 24.3 Å². The molecular formula is C19H25N3O4. The van der Waals surface area contributed by atoms with Crippen molar-refractivity contribution in [2.45, 2.75) is 44.6 Å². The predicted octanol–water partition coefficient (Wildman–Crippen LogP) is 1.37. The van der Waals surface area contributed by atoms with E-state index in [1.807, 2.05) is 6.07 Å². The lowest BCUT2D eigenvalue weighted by Crippen LogP contribution is -2.45. The van der Waals surface area contributed by atoms with Gasteiger partial charge < -0.3 is 15.4 Å². The second-order valence-electron chi connectivity index (χ2n) is 6.74. The highest BCUT2D eigenvalue weighted by Crippen LogP contribution is 2.31. The first-order valence-electron chi connectivity index (χ1n) is 9.22. The van der Waals surface area contributed by atoms with Crippen LogP contribution >= 0.6 is 0 Å². The molecule has 7 nitrogen and oxygen atoms in total. The number of anilines is 1. The van der Waals surface area contributed by atoms with Gasteiger partial charge >= 0.3 is 0 Å².